The minimum atomic E-state index is -0.634. The number of para-hydroxylation sites is 1. The van der Waals surface area contributed by atoms with Gasteiger partial charge in [-0.15, -0.1) is 0 Å². The molecular weight excluding hydrogens is 382 g/mol. The Labute approximate surface area is 177 Å². The summed E-state index contributed by atoms with van der Waals surface area (Å²) in [5.74, 6) is 0.386. The molecule has 7 nitrogen and oxygen atoms in total. The molecule has 1 saturated heterocycles. The van der Waals surface area contributed by atoms with Crippen LogP contribution in [0.25, 0.3) is 0 Å². The first-order valence-corrected chi connectivity index (χ1v) is 11.1. The lowest BCUT2D eigenvalue weighted by atomic mass is 9.94. The van der Waals surface area contributed by atoms with Crippen molar-refractivity contribution in [3.8, 4) is 5.75 Å². The van der Waals surface area contributed by atoms with Crippen LogP contribution in [-0.4, -0.2) is 65.8 Å². The number of rotatable bonds is 3. The molecule has 1 unspecified atom stereocenters. The van der Waals surface area contributed by atoms with E-state index in [9.17, 15) is 14.4 Å². The van der Waals surface area contributed by atoms with E-state index in [-0.39, 0.29) is 30.3 Å². The fourth-order valence-electron chi connectivity index (χ4n) is 4.82. The van der Waals surface area contributed by atoms with Gasteiger partial charge < -0.3 is 19.9 Å². The number of likely N-dealkylation sites (N-methyl/N-ethyl adjacent to an activating group) is 1. The fourth-order valence-corrected chi connectivity index (χ4v) is 4.82. The van der Waals surface area contributed by atoms with Gasteiger partial charge in [-0.1, -0.05) is 31.4 Å². The van der Waals surface area contributed by atoms with E-state index in [1.807, 2.05) is 24.1 Å². The Morgan fingerprint density at radius 3 is 2.77 bits per heavy atom. The third-order valence-electron chi connectivity index (χ3n) is 6.86. The highest BCUT2D eigenvalue weighted by Crippen LogP contribution is 2.33. The van der Waals surface area contributed by atoms with Crippen LogP contribution in [0.4, 0.5) is 0 Å². The molecule has 1 saturated carbocycles. The second-order valence-corrected chi connectivity index (χ2v) is 8.83. The summed E-state index contributed by atoms with van der Waals surface area (Å²) in [7, 11) is 1.86. The zero-order chi connectivity index (χ0) is 21.1. The summed E-state index contributed by atoms with van der Waals surface area (Å²) in [6.45, 7) is 0.920. The summed E-state index contributed by atoms with van der Waals surface area (Å²) >= 11 is 0. The third kappa shape index (κ3) is 4.30. The number of carbonyl (C=O) groups excluding carboxylic acids is 3. The summed E-state index contributed by atoms with van der Waals surface area (Å²) in [5, 5.41) is 2.95. The normalized spacial score (nSPS) is 25.0. The maximum absolute atomic E-state index is 12.8. The molecule has 4 rings (SSSR count). The molecule has 1 N–H and O–H groups in total. The van der Waals surface area contributed by atoms with Crippen molar-refractivity contribution in [1.29, 1.82) is 0 Å². The van der Waals surface area contributed by atoms with Gasteiger partial charge in [-0.2, -0.15) is 0 Å². The van der Waals surface area contributed by atoms with Gasteiger partial charge in [0.1, 0.15) is 11.4 Å². The number of amides is 3. The van der Waals surface area contributed by atoms with Crippen molar-refractivity contribution in [2.24, 2.45) is 0 Å². The molecule has 3 amide bonds. The quantitative estimate of drug-likeness (QED) is 0.825. The van der Waals surface area contributed by atoms with E-state index in [2.05, 4.69) is 5.32 Å². The molecule has 1 aromatic rings. The number of hydrogen-bond donors (Lipinski definition) is 1. The highest BCUT2D eigenvalue weighted by Gasteiger charge is 2.40. The van der Waals surface area contributed by atoms with Crippen LogP contribution in [-0.2, 0) is 9.59 Å². The van der Waals surface area contributed by atoms with Crippen molar-refractivity contribution >= 4 is 17.7 Å². The van der Waals surface area contributed by atoms with Crippen molar-refractivity contribution in [2.45, 2.75) is 63.0 Å². The summed E-state index contributed by atoms with van der Waals surface area (Å²) in [4.78, 5) is 41.5. The topological polar surface area (TPSA) is 79.0 Å². The number of nitrogens with zero attached hydrogens (tertiary/aromatic N) is 2. The van der Waals surface area contributed by atoms with Crippen LogP contribution >= 0.6 is 0 Å². The van der Waals surface area contributed by atoms with Crippen LogP contribution in [0.1, 0.15) is 61.7 Å². The molecule has 7 heteroatoms. The summed E-state index contributed by atoms with van der Waals surface area (Å²) in [6.07, 6.45) is 7.06. The Bertz CT molecular complexity index is 820. The first-order chi connectivity index (χ1) is 14.5. The van der Waals surface area contributed by atoms with Crippen LogP contribution in [0.15, 0.2) is 24.3 Å². The minimum Gasteiger partial charge on any atom is -0.485 e. The molecule has 30 heavy (non-hydrogen) atoms. The van der Waals surface area contributed by atoms with E-state index in [4.69, 9.17) is 4.74 Å². The van der Waals surface area contributed by atoms with Gasteiger partial charge in [-0.3, -0.25) is 14.4 Å². The first-order valence-electron chi connectivity index (χ1n) is 11.1. The van der Waals surface area contributed by atoms with Crippen LogP contribution in [0.3, 0.4) is 0 Å². The number of nitrogens with one attached hydrogen (secondary N) is 1. The average molecular weight is 414 g/mol. The Hall–Kier alpha value is -2.57. The van der Waals surface area contributed by atoms with Crippen molar-refractivity contribution in [2.75, 3.05) is 26.7 Å². The molecule has 1 atom stereocenters. The van der Waals surface area contributed by atoms with E-state index in [0.29, 0.717) is 43.7 Å². The van der Waals surface area contributed by atoms with E-state index < -0.39 is 5.60 Å². The zero-order valence-corrected chi connectivity index (χ0v) is 17.7. The van der Waals surface area contributed by atoms with E-state index >= 15 is 0 Å². The lowest BCUT2D eigenvalue weighted by molar-refractivity contribution is -0.141. The lowest BCUT2D eigenvalue weighted by Crippen LogP contribution is -2.47. The number of hydrogen-bond acceptors (Lipinski definition) is 4. The molecular formula is C23H31N3O4. The van der Waals surface area contributed by atoms with Gasteiger partial charge >= 0.3 is 0 Å². The van der Waals surface area contributed by atoms with Crippen molar-refractivity contribution in [3.05, 3.63) is 29.8 Å². The minimum absolute atomic E-state index is 0.00614. The van der Waals surface area contributed by atoms with Gasteiger partial charge in [0.2, 0.25) is 11.8 Å². The molecule has 2 heterocycles. The van der Waals surface area contributed by atoms with Gasteiger partial charge in [0, 0.05) is 32.5 Å². The van der Waals surface area contributed by atoms with Gasteiger partial charge in [-0.25, -0.2) is 0 Å². The van der Waals surface area contributed by atoms with Gasteiger partial charge in [0.25, 0.3) is 5.91 Å². The molecule has 1 spiro atoms. The fraction of sp³-hybridized carbons (Fsp3) is 0.609. The Morgan fingerprint density at radius 2 is 1.97 bits per heavy atom. The Morgan fingerprint density at radius 1 is 1.20 bits per heavy atom. The van der Waals surface area contributed by atoms with Crippen molar-refractivity contribution < 1.29 is 19.1 Å². The van der Waals surface area contributed by atoms with E-state index in [0.717, 1.165) is 25.7 Å². The highest BCUT2D eigenvalue weighted by atomic mass is 16.5. The zero-order valence-electron chi connectivity index (χ0n) is 17.7. The molecule has 0 aromatic heterocycles. The molecule has 0 bridgehead atoms. The number of fused-ring (bicyclic) bond motifs is 1. The standard InChI is InChI=1S/C23H31N3O4/c1-25(17-7-3-2-4-8-17)21(28)15-26-14-13-23(12-11-20(26)27)16-24-22(29)18-9-5-6-10-19(18)30-23/h5-6,9-10,17H,2-4,7-8,11-16H2,1H3,(H,24,29). The lowest BCUT2D eigenvalue weighted by Gasteiger charge is -2.33. The summed E-state index contributed by atoms with van der Waals surface area (Å²) in [5.41, 5.74) is -0.114. The number of ether oxygens (including phenoxy) is 1. The Balaban J connectivity index is 1.43. The van der Waals surface area contributed by atoms with Gasteiger partial charge in [0.05, 0.1) is 18.7 Å². The van der Waals surface area contributed by atoms with E-state index in [1.165, 1.54) is 6.42 Å². The van der Waals surface area contributed by atoms with E-state index in [1.54, 1.807) is 17.0 Å². The summed E-state index contributed by atoms with van der Waals surface area (Å²) < 4.78 is 6.32. The second kappa shape index (κ2) is 8.66. The molecule has 1 aromatic carbocycles. The number of benzene rings is 1. The molecule has 0 radical (unpaired) electrons. The average Bonchev–Trinajstić information content (AvgIpc) is 3.01. The van der Waals surface area contributed by atoms with Crippen LogP contribution in [0.2, 0.25) is 0 Å². The second-order valence-electron chi connectivity index (χ2n) is 8.83. The molecule has 2 fully saturated rings. The maximum atomic E-state index is 12.8. The summed E-state index contributed by atoms with van der Waals surface area (Å²) in [6, 6.07) is 7.50. The molecule has 1 aliphatic carbocycles. The van der Waals surface area contributed by atoms with Crippen molar-refractivity contribution in [1.82, 2.24) is 15.1 Å². The molecule has 162 valence electrons. The van der Waals surface area contributed by atoms with Crippen LogP contribution in [0, 0.1) is 0 Å². The first kappa shape index (κ1) is 20.7. The number of likely N-dealkylation sites (tertiary alicyclic amines) is 1. The third-order valence-corrected chi connectivity index (χ3v) is 6.86. The molecule has 3 aliphatic rings. The number of carbonyl (C=O) groups is 3. The van der Waals surface area contributed by atoms with Gasteiger partial charge in [-0.05, 0) is 31.4 Å². The Kier molecular flexibility index (Phi) is 5.97. The van der Waals surface area contributed by atoms with Crippen LogP contribution < -0.4 is 10.1 Å². The van der Waals surface area contributed by atoms with Gasteiger partial charge in [0.15, 0.2) is 0 Å². The predicted octanol–water partition coefficient (Wildman–Crippen LogP) is 2.35. The molecule has 2 aliphatic heterocycles. The largest absolute Gasteiger partial charge is 0.485 e. The smallest absolute Gasteiger partial charge is 0.255 e. The maximum Gasteiger partial charge on any atom is 0.255 e. The predicted molar refractivity (Wildman–Crippen MR) is 112 cm³/mol. The highest BCUT2D eigenvalue weighted by molar-refractivity contribution is 5.97. The van der Waals surface area contributed by atoms with Crippen LogP contribution in [0.5, 0.6) is 5.75 Å². The van der Waals surface area contributed by atoms with Crippen molar-refractivity contribution in [3.63, 3.8) is 0 Å². The SMILES string of the molecule is CN(C(=O)CN1CCC2(CCC1=O)CNC(=O)c1ccccc1O2)C1CCCCC1. The monoisotopic (exact) mass is 413 g/mol.